The van der Waals surface area contributed by atoms with Gasteiger partial charge in [0.25, 0.3) is 0 Å². The maximum atomic E-state index is 12.9. The van der Waals surface area contributed by atoms with Gasteiger partial charge in [-0.2, -0.15) is 4.31 Å². The number of benzene rings is 1. The molecular weight excluding hydrogens is 352 g/mol. The number of rotatable bonds is 4. The Balaban J connectivity index is 1.86. The number of nitrogens with zero attached hydrogens (tertiary/aromatic N) is 1. The molecule has 24 heavy (non-hydrogen) atoms. The fourth-order valence-electron chi connectivity index (χ4n) is 2.45. The third-order valence-electron chi connectivity index (χ3n) is 3.63. The number of hydrogen-bond donors (Lipinski definition) is 1. The molecule has 0 radical (unpaired) electrons. The van der Waals surface area contributed by atoms with Crippen molar-refractivity contribution >= 4 is 27.7 Å². The van der Waals surface area contributed by atoms with Gasteiger partial charge in [0.15, 0.2) is 11.5 Å². The molecular formula is C15H16N2O5S2. The average molecular weight is 368 g/mol. The van der Waals surface area contributed by atoms with Crippen LogP contribution in [-0.2, 0) is 14.8 Å². The van der Waals surface area contributed by atoms with E-state index in [0.29, 0.717) is 30.5 Å². The fraction of sp³-hybridized carbons (Fsp3) is 0.400. The summed E-state index contributed by atoms with van der Waals surface area (Å²) in [6.07, 6.45) is 5.12. The van der Waals surface area contributed by atoms with Crippen molar-refractivity contribution in [3.63, 3.8) is 0 Å². The molecule has 0 spiro atoms. The number of carbonyl (C=O) groups excluding carboxylic acids is 1. The van der Waals surface area contributed by atoms with Crippen LogP contribution in [-0.4, -0.2) is 56.1 Å². The molecule has 1 atom stereocenters. The van der Waals surface area contributed by atoms with E-state index in [2.05, 4.69) is 11.2 Å². The van der Waals surface area contributed by atoms with Gasteiger partial charge in [0.1, 0.15) is 19.3 Å². The minimum atomic E-state index is -3.83. The number of fused-ring (bicyclic) bond motifs is 1. The van der Waals surface area contributed by atoms with E-state index in [-0.39, 0.29) is 23.2 Å². The molecule has 1 amide bonds. The number of thioether (sulfide) groups is 1. The molecule has 3 rings (SSSR count). The van der Waals surface area contributed by atoms with E-state index in [9.17, 15) is 13.2 Å². The van der Waals surface area contributed by atoms with Crippen LogP contribution < -0.4 is 14.8 Å². The SMILES string of the molecule is C#CCNC(=O)[C@@H]1CSCN1S(=O)(=O)c1ccc2c(c1)OCCO2. The zero-order chi connectivity index (χ0) is 17.2. The first kappa shape index (κ1) is 17.0. The number of hydrogen-bond acceptors (Lipinski definition) is 6. The van der Waals surface area contributed by atoms with Crippen LogP contribution in [0.25, 0.3) is 0 Å². The fourth-order valence-corrected chi connectivity index (χ4v) is 5.61. The lowest BCUT2D eigenvalue weighted by Crippen LogP contribution is -2.47. The predicted octanol–water partition coefficient (Wildman–Crippen LogP) is 0.271. The van der Waals surface area contributed by atoms with E-state index >= 15 is 0 Å². The highest BCUT2D eigenvalue weighted by Crippen LogP contribution is 2.35. The molecule has 1 aromatic rings. The number of nitrogens with one attached hydrogen (secondary N) is 1. The smallest absolute Gasteiger partial charge is 0.244 e. The lowest BCUT2D eigenvalue weighted by atomic mass is 10.3. The first-order valence-electron chi connectivity index (χ1n) is 7.24. The molecule has 1 saturated heterocycles. The molecule has 2 heterocycles. The van der Waals surface area contributed by atoms with E-state index in [0.717, 1.165) is 0 Å². The molecule has 2 aliphatic rings. The molecule has 0 aromatic heterocycles. The van der Waals surface area contributed by atoms with E-state index < -0.39 is 16.1 Å². The number of sulfonamides is 1. The lowest BCUT2D eigenvalue weighted by Gasteiger charge is -2.23. The summed E-state index contributed by atoms with van der Waals surface area (Å²) >= 11 is 1.38. The van der Waals surface area contributed by atoms with Crippen molar-refractivity contribution in [3.05, 3.63) is 18.2 Å². The predicted molar refractivity (Wildman–Crippen MR) is 89.4 cm³/mol. The highest BCUT2D eigenvalue weighted by molar-refractivity contribution is 8.00. The van der Waals surface area contributed by atoms with Crippen LogP contribution in [0.4, 0.5) is 0 Å². The number of carbonyl (C=O) groups is 1. The third kappa shape index (κ3) is 3.17. The summed E-state index contributed by atoms with van der Waals surface area (Å²) < 4.78 is 37.8. The normalized spacial score (nSPS) is 20.4. The molecule has 1 aromatic carbocycles. The Kier molecular flexibility index (Phi) is 4.89. The summed E-state index contributed by atoms with van der Waals surface area (Å²) in [7, 11) is -3.83. The van der Waals surface area contributed by atoms with Crippen molar-refractivity contribution in [3.8, 4) is 23.8 Å². The van der Waals surface area contributed by atoms with Crippen molar-refractivity contribution in [1.29, 1.82) is 0 Å². The van der Waals surface area contributed by atoms with Crippen LogP contribution in [0.5, 0.6) is 11.5 Å². The molecule has 0 saturated carbocycles. The van der Waals surface area contributed by atoms with Gasteiger partial charge in [0.05, 0.1) is 17.3 Å². The van der Waals surface area contributed by atoms with E-state index in [1.807, 2.05) is 0 Å². The number of terminal acetylenes is 1. The second-order valence-corrected chi connectivity index (χ2v) is 8.03. The second kappa shape index (κ2) is 6.93. The summed E-state index contributed by atoms with van der Waals surface area (Å²) in [5, 5.41) is 2.54. The minimum absolute atomic E-state index is 0.0674. The van der Waals surface area contributed by atoms with Gasteiger partial charge < -0.3 is 14.8 Å². The monoisotopic (exact) mass is 368 g/mol. The topological polar surface area (TPSA) is 84.9 Å². The first-order chi connectivity index (χ1) is 11.5. The maximum absolute atomic E-state index is 12.9. The highest BCUT2D eigenvalue weighted by Gasteiger charge is 2.40. The highest BCUT2D eigenvalue weighted by atomic mass is 32.2. The molecule has 7 nitrogen and oxygen atoms in total. The number of ether oxygens (including phenoxy) is 2. The Morgan fingerprint density at radius 2 is 2.12 bits per heavy atom. The zero-order valence-corrected chi connectivity index (χ0v) is 14.4. The van der Waals surface area contributed by atoms with Gasteiger partial charge in [0, 0.05) is 11.8 Å². The average Bonchev–Trinajstić information content (AvgIpc) is 3.10. The molecule has 0 aliphatic carbocycles. The van der Waals surface area contributed by atoms with E-state index in [4.69, 9.17) is 15.9 Å². The summed E-state index contributed by atoms with van der Waals surface area (Å²) in [6, 6.07) is 3.69. The zero-order valence-electron chi connectivity index (χ0n) is 12.7. The molecule has 9 heteroatoms. The van der Waals surface area contributed by atoms with Crippen LogP contribution >= 0.6 is 11.8 Å². The molecule has 2 aliphatic heterocycles. The molecule has 1 fully saturated rings. The number of amides is 1. The summed E-state index contributed by atoms with van der Waals surface area (Å²) in [5.74, 6) is 3.42. The van der Waals surface area contributed by atoms with Crippen LogP contribution in [0.3, 0.4) is 0 Å². The van der Waals surface area contributed by atoms with Crippen molar-refractivity contribution < 1.29 is 22.7 Å². The summed E-state index contributed by atoms with van der Waals surface area (Å²) in [5.41, 5.74) is 0. The summed E-state index contributed by atoms with van der Waals surface area (Å²) in [4.78, 5) is 12.2. The quantitative estimate of drug-likeness (QED) is 0.768. The van der Waals surface area contributed by atoms with Crippen LogP contribution in [0.15, 0.2) is 23.1 Å². The Morgan fingerprint density at radius 1 is 1.38 bits per heavy atom. The Hall–Kier alpha value is -1.89. The summed E-state index contributed by atoms with van der Waals surface area (Å²) in [6.45, 7) is 0.865. The van der Waals surface area contributed by atoms with Gasteiger partial charge in [-0.25, -0.2) is 8.42 Å². The van der Waals surface area contributed by atoms with Crippen molar-refractivity contribution in [2.45, 2.75) is 10.9 Å². The van der Waals surface area contributed by atoms with Crippen molar-refractivity contribution in [2.75, 3.05) is 31.4 Å². The van der Waals surface area contributed by atoms with Crippen LogP contribution in [0, 0.1) is 12.3 Å². The van der Waals surface area contributed by atoms with Crippen molar-refractivity contribution in [1.82, 2.24) is 9.62 Å². The molecule has 0 bridgehead atoms. The Morgan fingerprint density at radius 3 is 2.88 bits per heavy atom. The second-order valence-electron chi connectivity index (χ2n) is 5.14. The standard InChI is InChI=1S/C15H16N2O5S2/c1-2-5-16-15(18)12-9-23-10-17(12)24(19,20)11-3-4-13-14(8-11)22-7-6-21-13/h1,3-4,8,12H,5-7,9-10H2,(H,16,18)/t12-/m0/s1. The molecule has 1 N–H and O–H groups in total. The van der Waals surface area contributed by atoms with Gasteiger partial charge in [-0.1, -0.05) is 5.92 Å². The van der Waals surface area contributed by atoms with E-state index in [1.165, 1.54) is 28.2 Å². The van der Waals surface area contributed by atoms with Crippen molar-refractivity contribution in [2.24, 2.45) is 0 Å². The molecule has 128 valence electrons. The first-order valence-corrected chi connectivity index (χ1v) is 9.84. The largest absolute Gasteiger partial charge is 0.486 e. The van der Waals surface area contributed by atoms with Crippen LogP contribution in [0.2, 0.25) is 0 Å². The van der Waals surface area contributed by atoms with Gasteiger partial charge in [-0.15, -0.1) is 18.2 Å². The van der Waals surface area contributed by atoms with Gasteiger partial charge in [-0.05, 0) is 12.1 Å². The Bertz CT molecular complexity index is 788. The Labute approximate surface area is 144 Å². The third-order valence-corrected chi connectivity index (χ3v) is 6.66. The van der Waals surface area contributed by atoms with E-state index in [1.54, 1.807) is 6.07 Å². The van der Waals surface area contributed by atoms with Crippen LogP contribution in [0.1, 0.15) is 0 Å². The minimum Gasteiger partial charge on any atom is -0.486 e. The maximum Gasteiger partial charge on any atom is 0.244 e. The lowest BCUT2D eigenvalue weighted by molar-refractivity contribution is -0.123. The van der Waals surface area contributed by atoms with Gasteiger partial charge in [-0.3, -0.25) is 4.79 Å². The van der Waals surface area contributed by atoms with Gasteiger partial charge in [0.2, 0.25) is 15.9 Å². The van der Waals surface area contributed by atoms with Gasteiger partial charge >= 0.3 is 0 Å². The molecule has 0 unspecified atom stereocenters.